The molecule has 0 atom stereocenters. The van der Waals surface area contributed by atoms with E-state index in [0.29, 0.717) is 5.02 Å². The number of aromatic nitrogens is 1. The van der Waals surface area contributed by atoms with Crippen molar-refractivity contribution in [2.45, 2.75) is 6.92 Å². The number of aromatic amines is 1. The fourth-order valence-electron chi connectivity index (χ4n) is 2.21. The zero-order valence-corrected chi connectivity index (χ0v) is 11.7. The van der Waals surface area contributed by atoms with Crippen LogP contribution in [0.1, 0.15) is 5.69 Å². The fraction of sp³-hybridized carbons (Fsp3) is 0.0625. The van der Waals surface area contributed by atoms with Gasteiger partial charge >= 0.3 is 0 Å². The van der Waals surface area contributed by atoms with E-state index in [1.165, 1.54) is 0 Å². The monoisotopic (exact) mass is 285 g/mol. The Bertz CT molecular complexity index is 769. The van der Waals surface area contributed by atoms with E-state index in [1.54, 1.807) is 12.1 Å². The lowest BCUT2D eigenvalue weighted by molar-refractivity contribution is -0.354. The Balaban J connectivity index is 2.11. The number of para-hydroxylation sites is 1. The summed E-state index contributed by atoms with van der Waals surface area (Å²) in [5.74, 6) is 0.251. The highest BCUT2D eigenvalue weighted by molar-refractivity contribution is 6.35. The number of halogens is 1. The number of pyridine rings is 1. The summed E-state index contributed by atoms with van der Waals surface area (Å²) in [5.41, 5.74) is 3.82. The van der Waals surface area contributed by atoms with Crippen LogP contribution in [0.15, 0.2) is 48.5 Å². The number of phenols is 1. The van der Waals surface area contributed by atoms with Gasteiger partial charge in [0.15, 0.2) is 5.69 Å². The first-order valence-electron chi connectivity index (χ1n) is 6.31. The number of aryl methyl sites for hydroxylation is 1. The number of aromatic hydroxyl groups is 1. The highest BCUT2D eigenvalue weighted by atomic mass is 35.5. The maximum atomic E-state index is 9.32. The molecule has 3 N–H and O–H groups in total. The van der Waals surface area contributed by atoms with Crippen LogP contribution in [0.2, 0.25) is 5.02 Å². The van der Waals surface area contributed by atoms with Crippen LogP contribution in [-0.4, -0.2) is 5.11 Å². The summed E-state index contributed by atoms with van der Waals surface area (Å²) in [6.45, 7) is 1.99. The van der Waals surface area contributed by atoms with Crippen molar-refractivity contribution >= 4 is 33.9 Å². The lowest BCUT2D eigenvalue weighted by Gasteiger charge is -2.09. The number of benzene rings is 2. The summed E-state index contributed by atoms with van der Waals surface area (Å²) in [4.78, 5) is 3.28. The van der Waals surface area contributed by atoms with Crippen molar-refractivity contribution in [1.82, 2.24) is 0 Å². The molecule has 0 saturated heterocycles. The summed E-state index contributed by atoms with van der Waals surface area (Å²) < 4.78 is 0. The van der Waals surface area contributed by atoms with Crippen LogP contribution >= 0.6 is 11.6 Å². The number of anilines is 2. The molecule has 100 valence electrons. The van der Waals surface area contributed by atoms with Crippen molar-refractivity contribution in [3.05, 3.63) is 59.2 Å². The van der Waals surface area contributed by atoms with Crippen molar-refractivity contribution < 1.29 is 10.1 Å². The summed E-state index contributed by atoms with van der Waals surface area (Å²) in [5, 5.41) is 14.4. The molecule has 0 spiro atoms. The first-order valence-corrected chi connectivity index (χ1v) is 6.68. The van der Waals surface area contributed by atoms with Gasteiger partial charge in [-0.2, -0.15) is 0 Å². The molecule has 0 aliphatic heterocycles. The van der Waals surface area contributed by atoms with Gasteiger partial charge in [-0.05, 0) is 36.4 Å². The van der Waals surface area contributed by atoms with Crippen molar-refractivity contribution in [3.63, 3.8) is 0 Å². The van der Waals surface area contributed by atoms with E-state index >= 15 is 0 Å². The standard InChI is InChI=1S/C16H13ClN2O/c1-10-9-15(19-11-5-7-12(20)8-6-11)13-3-2-4-14(17)16(13)18-10/h2-9,20H,1H3,(H,18,19)/p+1. The molecule has 0 amide bonds. The molecule has 0 aliphatic carbocycles. The second-order valence-corrected chi connectivity index (χ2v) is 5.11. The number of hydrogen-bond acceptors (Lipinski definition) is 2. The van der Waals surface area contributed by atoms with Crippen LogP contribution in [-0.2, 0) is 0 Å². The van der Waals surface area contributed by atoms with Crippen molar-refractivity contribution in [3.8, 4) is 5.75 Å². The number of nitrogens with one attached hydrogen (secondary N) is 2. The molecule has 2 aromatic carbocycles. The van der Waals surface area contributed by atoms with Crippen LogP contribution in [0.4, 0.5) is 11.4 Å². The lowest BCUT2D eigenvalue weighted by Crippen LogP contribution is -2.10. The number of rotatable bonds is 2. The zero-order valence-electron chi connectivity index (χ0n) is 10.9. The third-order valence-electron chi connectivity index (χ3n) is 3.13. The molecule has 20 heavy (non-hydrogen) atoms. The Hall–Kier alpha value is -2.26. The predicted octanol–water partition coefficient (Wildman–Crippen LogP) is 4.06. The van der Waals surface area contributed by atoms with Crippen molar-refractivity contribution in [2.24, 2.45) is 0 Å². The quantitative estimate of drug-likeness (QED) is 0.697. The smallest absolute Gasteiger partial charge is 0.231 e. The van der Waals surface area contributed by atoms with Crippen molar-refractivity contribution in [2.75, 3.05) is 5.32 Å². The molecular formula is C16H14ClN2O+. The predicted molar refractivity (Wildman–Crippen MR) is 81.6 cm³/mol. The fourth-order valence-corrected chi connectivity index (χ4v) is 2.43. The average Bonchev–Trinajstić information content (AvgIpc) is 2.42. The first kappa shape index (κ1) is 12.8. The largest absolute Gasteiger partial charge is 0.508 e. The number of phenolic OH excluding ortho intramolecular Hbond substituents is 1. The van der Waals surface area contributed by atoms with E-state index in [9.17, 15) is 5.11 Å². The van der Waals surface area contributed by atoms with Gasteiger partial charge in [-0.1, -0.05) is 17.7 Å². The Kier molecular flexibility index (Phi) is 3.20. The SMILES string of the molecule is Cc1cc(Nc2ccc(O)cc2)c2cccc(Cl)c2[nH+]1. The number of fused-ring (bicyclic) bond motifs is 1. The van der Waals surface area contributed by atoms with Gasteiger partial charge in [0.05, 0.1) is 11.1 Å². The Morgan fingerprint density at radius 3 is 2.60 bits per heavy atom. The van der Waals surface area contributed by atoms with E-state index in [-0.39, 0.29) is 5.75 Å². The average molecular weight is 286 g/mol. The van der Waals surface area contributed by atoms with E-state index in [1.807, 2.05) is 43.3 Å². The van der Waals surface area contributed by atoms with Gasteiger partial charge < -0.3 is 10.4 Å². The molecule has 3 nitrogen and oxygen atoms in total. The summed E-state index contributed by atoms with van der Waals surface area (Å²) in [6.07, 6.45) is 0. The van der Waals surface area contributed by atoms with Gasteiger partial charge in [0.1, 0.15) is 10.8 Å². The molecule has 0 aliphatic rings. The van der Waals surface area contributed by atoms with Crippen molar-refractivity contribution in [1.29, 1.82) is 0 Å². The second kappa shape index (κ2) is 5.02. The Morgan fingerprint density at radius 2 is 1.85 bits per heavy atom. The second-order valence-electron chi connectivity index (χ2n) is 4.70. The van der Waals surface area contributed by atoms with E-state index < -0.39 is 0 Å². The zero-order chi connectivity index (χ0) is 14.1. The van der Waals surface area contributed by atoms with E-state index in [4.69, 9.17) is 11.6 Å². The topological polar surface area (TPSA) is 46.4 Å². The van der Waals surface area contributed by atoms with Crippen LogP contribution in [0.3, 0.4) is 0 Å². The Labute approximate surface area is 121 Å². The maximum absolute atomic E-state index is 9.32. The molecule has 3 rings (SSSR count). The summed E-state index contributed by atoms with van der Waals surface area (Å²) in [6, 6.07) is 14.8. The molecule has 1 aromatic heterocycles. The van der Waals surface area contributed by atoms with Gasteiger partial charge in [-0.25, -0.2) is 4.98 Å². The molecule has 4 heteroatoms. The Morgan fingerprint density at radius 1 is 1.10 bits per heavy atom. The number of hydrogen-bond donors (Lipinski definition) is 2. The van der Waals surface area contributed by atoms with Gasteiger partial charge in [-0.15, -0.1) is 0 Å². The third-order valence-corrected chi connectivity index (χ3v) is 3.45. The number of H-pyrrole nitrogens is 1. The molecule has 0 saturated carbocycles. The van der Waals surface area contributed by atoms with Crippen LogP contribution in [0, 0.1) is 6.92 Å². The molecule has 0 bridgehead atoms. The summed E-state index contributed by atoms with van der Waals surface area (Å²) >= 11 is 6.23. The maximum Gasteiger partial charge on any atom is 0.231 e. The highest BCUT2D eigenvalue weighted by Gasteiger charge is 2.12. The van der Waals surface area contributed by atoms with Gasteiger partial charge in [0, 0.05) is 18.7 Å². The summed E-state index contributed by atoms with van der Waals surface area (Å²) in [7, 11) is 0. The van der Waals surface area contributed by atoms with Gasteiger partial charge in [0.2, 0.25) is 5.52 Å². The van der Waals surface area contributed by atoms with Crippen LogP contribution in [0.5, 0.6) is 5.75 Å². The van der Waals surface area contributed by atoms with Gasteiger partial charge in [0.25, 0.3) is 0 Å². The lowest BCUT2D eigenvalue weighted by atomic mass is 10.1. The van der Waals surface area contributed by atoms with Crippen LogP contribution in [0.25, 0.3) is 10.9 Å². The first-order chi connectivity index (χ1) is 9.63. The van der Waals surface area contributed by atoms with Gasteiger partial charge in [-0.3, -0.25) is 0 Å². The molecule has 0 radical (unpaired) electrons. The molecule has 1 heterocycles. The van der Waals surface area contributed by atoms with E-state index in [2.05, 4.69) is 10.3 Å². The minimum Gasteiger partial charge on any atom is -0.508 e. The van der Waals surface area contributed by atoms with E-state index in [0.717, 1.165) is 28.0 Å². The van der Waals surface area contributed by atoms with Crippen LogP contribution < -0.4 is 10.3 Å². The molecular weight excluding hydrogens is 272 g/mol. The molecule has 0 fully saturated rings. The third kappa shape index (κ3) is 2.40. The normalized spacial score (nSPS) is 10.7. The minimum absolute atomic E-state index is 0.251. The molecule has 3 aromatic rings. The highest BCUT2D eigenvalue weighted by Crippen LogP contribution is 2.28. The molecule has 0 unspecified atom stereocenters. The minimum atomic E-state index is 0.251.